The van der Waals surface area contributed by atoms with Crippen molar-refractivity contribution in [1.82, 2.24) is 0 Å². The van der Waals surface area contributed by atoms with Gasteiger partial charge < -0.3 is 5.11 Å². The highest BCUT2D eigenvalue weighted by Gasteiger charge is 2.20. The highest BCUT2D eigenvalue weighted by molar-refractivity contribution is 5.92. The molecule has 0 spiro atoms. The molecular weight excluding hydrogens is 140 g/mol. The average Bonchev–Trinajstić information content (AvgIpc) is 2.05. The Bertz CT molecular complexity index is 136. The molecule has 0 amide bonds. The second kappa shape index (κ2) is 5.08. The Balaban J connectivity index is 4.07. The van der Waals surface area contributed by atoms with Gasteiger partial charge in [-0.05, 0) is 12.0 Å². The van der Waals surface area contributed by atoms with E-state index in [-0.39, 0.29) is 11.7 Å². The molecule has 0 aliphatic heterocycles. The molecule has 0 radical (unpaired) electrons. The van der Waals surface area contributed by atoms with Gasteiger partial charge in [0.15, 0.2) is 5.78 Å². The Morgan fingerprint density at radius 3 is 2.27 bits per heavy atom. The lowest BCUT2D eigenvalue weighted by Crippen LogP contribution is -2.27. The summed E-state index contributed by atoms with van der Waals surface area (Å²) in [5.74, 6) is -0.181. The normalized spacial score (nSPS) is 13.1. The Kier molecular flexibility index (Phi) is 4.79. The molecule has 1 N–H and O–H groups in total. The SMILES string of the molecule is C=CC(=O)C(O)C(CC)CC. The number of hydrogen-bond donors (Lipinski definition) is 1. The number of rotatable bonds is 5. The van der Waals surface area contributed by atoms with Crippen LogP contribution < -0.4 is 0 Å². The van der Waals surface area contributed by atoms with Crippen molar-refractivity contribution in [3.8, 4) is 0 Å². The summed E-state index contributed by atoms with van der Waals surface area (Å²) >= 11 is 0. The molecule has 0 heterocycles. The first-order valence-electron chi connectivity index (χ1n) is 4.01. The predicted molar refractivity (Wildman–Crippen MR) is 45.3 cm³/mol. The lowest BCUT2D eigenvalue weighted by molar-refractivity contribution is -0.125. The van der Waals surface area contributed by atoms with Gasteiger partial charge in [0.25, 0.3) is 0 Å². The van der Waals surface area contributed by atoms with Gasteiger partial charge in [-0.25, -0.2) is 0 Å². The lowest BCUT2D eigenvalue weighted by Gasteiger charge is -2.16. The van der Waals surface area contributed by atoms with Crippen LogP contribution in [0, 0.1) is 5.92 Å². The third-order valence-corrected chi connectivity index (χ3v) is 1.99. The number of aliphatic hydroxyl groups excluding tert-OH is 1. The minimum absolute atomic E-state index is 0.0838. The molecule has 2 heteroatoms. The van der Waals surface area contributed by atoms with Crippen molar-refractivity contribution in [2.45, 2.75) is 32.8 Å². The zero-order valence-corrected chi connectivity index (χ0v) is 7.21. The molecule has 0 aliphatic rings. The zero-order valence-electron chi connectivity index (χ0n) is 7.21. The standard InChI is InChI=1S/C9H16O2/c1-4-7(5-2)9(11)8(10)6-3/h6-7,9,11H,3-5H2,1-2H3. The van der Waals surface area contributed by atoms with Crippen molar-refractivity contribution in [2.75, 3.05) is 0 Å². The van der Waals surface area contributed by atoms with Crippen molar-refractivity contribution in [2.24, 2.45) is 5.92 Å². The van der Waals surface area contributed by atoms with E-state index in [0.717, 1.165) is 12.8 Å². The summed E-state index contributed by atoms with van der Waals surface area (Å²) in [6.07, 6.45) is 2.00. The van der Waals surface area contributed by atoms with Gasteiger partial charge in [0.1, 0.15) is 6.10 Å². The fourth-order valence-corrected chi connectivity index (χ4v) is 1.09. The fraction of sp³-hybridized carbons (Fsp3) is 0.667. The van der Waals surface area contributed by atoms with Crippen LogP contribution in [0.15, 0.2) is 12.7 Å². The predicted octanol–water partition coefficient (Wildman–Crippen LogP) is 1.54. The smallest absolute Gasteiger partial charge is 0.183 e. The molecule has 0 saturated carbocycles. The molecule has 0 saturated heterocycles. The second-order valence-corrected chi connectivity index (χ2v) is 2.63. The molecule has 0 aromatic carbocycles. The zero-order chi connectivity index (χ0) is 8.85. The highest BCUT2D eigenvalue weighted by atomic mass is 16.3. The third kappa shape index (κ3) is 2.85. The largest absolute Gasteiger partial charge is 0.385 e. The van der Waals surface area contributed by atoms with Crippen molar-refractivity contribution < 1.29 is 9.90 Å². The van der Waals surface area contributed by atoms with E-state index in [0.29, 0.717) is 0 Å². The van der Waals surface area contributed by atoms with Gasteiger partial charge in [-0.1, -0.05) is 33.3 Å². The van der Waals surface area contributed by atoms with Gasteiger partial charge in [-0.3, -0.25) is 4.79 Å². The fourth-order valence-electron chi connectivity index (χ4n) is 1.09. The van der Waals surface area contributed by atoms with E-state index in [9.17, 15) is 9.90 Å². The monoisotopic (exact) mass is 156 g/mol. The number of ketones is 1. The molecule has 1 unspecified atom stereocenters. The van der Waals surface area contributed by atoms with Crippen LogP contribution in [-0.4, -0.2) is 17.0 Å². The summed E-state index contributed by atoms with van der Waals surface area (Å²) in [4.78, 5) is 10.9. The summed E-state index contributed by atoms with van der Waals surface area (Å²) in [5, 5.41) is 9.36. The minimum atomic E-state index is -0.845. The first kappa shape index (κ1) is 10.4. The molecule has 1 atom stereocenters. The molecule has 11 heavy (non-hydrogen) atoms. The quantitative estimate of drug-likeness (QED) is 0.613. The molecule has 64 valence electrons. The van der Waals surface area contributed by atoms with E-state index >= 15 is 0 Å². The van der Waals surface area contributed by atoms with Crippen LogP contribution in [0.3, 0.4) is 0 Å². The van der Waals surface area contributed by atoms with Crippen LogP contribution in [-0.2, 0) is 4.79 Å². The number of carbonyl (C=O) groups is 1. The molecule has 0 fully saturated rings. The van der Waals surface area contributed by atoms with Crippen molar-refractivity contribution >= 4 is 5.78 Å². The molecule has 2 nitrogen and oxygen atoms in total. The first-order chi connectivity index (χ1) is 5.17. The Hall–Kier alpha value is -0.630. The second-order valence-electron chi connectivity index (χ2n) is 2.63. The maximum Gasteiger partial charge on any atom is 0.183 e. The molecule has 0 bridgehead atoms. The van der Waals surface area contributed by atoms with Crippen LogP contribution in [0.25, 0.3) is 0 Å². The maximum atomic E-state index is 10.9. The van der Waals surface area contributed by atoms with E-state index < -0.39 is 6.10 Å². The Morgan fingerprint density at radius 2 is 2.00 bits per heavy atom. The average molecular weight is 156 g/mol. The van der Waals surface area contributed by atoms with E-state index in [1.807, 2.05) is 13.8 Å². The van der Waals surface area contributed by atoms with Gasteiger partial charge in [0.2, 0.25) is 0 Å². The van der Waals surface area contributed by atoms with E-state index in [1.165, 1.54) is 6.08 Å². The topological polar surface area (TPSA) is 37.3 Å². The summed E-state index contributed by atoms with van der Waals surface area (Å²) in [5.41, 5.74) is 0. The van der Waals surface area contributed by atoms with Crippen LogP contribution in [0.2, 0.25) is 0 Å². The van der Waals surface area contributed by atoms with Gasteiger partial charge in [0, 0.05) is 0 Å². The summed E-state index contributed by atoms with van der Waals surface area (Å²) < 4.78 is 0. The summed E-state index contributed by atoms with van der Waals surface area (Å²) in [7, 11) is 0. The van der Waals surface area contributed by atoms with Crippen LogP contribution in [0.1, 0.15) is 26.7 Å². The molecule has 0 aliphatic carbocycles. The first-order valence-corrected chi connectivity index (χ1v) is 4.01. The van der Waals surface area contributed by atoms with Crippen molar-refractivity contribution in [1.29, 1.82) is 0 Å². The Labute approximate surface area is 67.9 Å². The van der Waals surface area contributed by atoms with E-state index in [4.69, 9.17) is 0 Å². The molecule has 0 aromatic rings. The van der Waals surface area contributed by atoms with E-state index in [2.05, 4.69) is 6.58 Å². The maximum absolute atomic E-state index is 10.9. The highest BCUT2D eigenvalue weighted by Crippen LogP contribution is 2.13. The summed E-state index contributed by atoms with van der Waals surface area (Å²) in [6.45, 7) is 7.26. The number of hydrogen-bond acceptors (Lipinski definition) is 2. The van der Waals surface area contributed by atoms with Crippen LogP contribution in [0.4, 0.5) is 0 Å². The molecular formula is C9H16O2. The van der Waals surface area contributed by atoms with Crippen LogP contribution in [0.5, 0.6) is 0 Å². The Morgan fingerprint density at radius 1 is 1.55 bits per heavy atom. The van der Waals surface area contributed by atoms with Crippen molar-refractivity contribution in [3.63, 3.8) is 0 Å². The van der Waals surface area contributed by atoms with E-state index in [1.54, 1.807) is 0 Å². The van der Waals surface area contributed by atoms with Gasteiger partial charge in [-0.15, -0.1) is 0 Å². The number of aliphatic hydroxyl groups is 1. The lowest BCUT2D eigenvalue weighted by atomic mass is 9.94. The van der Waals surface area contributed by atoms with Gasteiger partial charge >= 0.3 is 0 Å². The molecule has 0 aromatic heterocycles. The molecule has 0 rings (SSSR count). The number of carbonyl (C=O) groups excluding carboxylic acids is 1. The van der Waals surface area contributed by atoms with Crippen LogP contribution >= 0.6 is 0 Å². The van der Waals surface area contributed by atoms with Crippen molar-refractivity contribution in [3.05, 3.63) is 12.7 Å². The van der Waals surface area contributed by atoms with Gasteiger partial charge in [0.05, 0.1) is 0 Å². The minimum Gasteiger partial charge on any atom is -0.385 e. The summed E-state index contributed by atoms with van der Waals surface area (Å²) in [6, 6.07) is 0. The van der Waals surface area contributed by atoms with Gasteiger partial charge in [-0.2, -0.15) is 0 Å². The third-order valence-electron chi connectivity index (χ3n) is 1.99.